The van der Waals surface area contributed by atoms with Gasteiger partial charge in [-0.2, -0.15) is 4.72 Å². The first kappa shape index (κ1) is 13.1. The van der Waals surface area contributed by atoms with Crippen molar-refractivity contribution in [3.63, 3.8) is 0 Å². The van der Waals surface area contributed by atoms with Crippen molar-refractivity contribution in [1.82, 2.24) is 14.7 Å². The molecule has 90 valence electrons. The van der Waals surface area contributed by atoms with Crippen molar-refractivity contribution in [3.8, 4) is 0 Å². The average molecular weight is 262 g/mol. The number of aromatic nitrogens is 2. The average Bonchev–Trinajstić information content (AvgIpc) is 2.66. The maximum Gasteiger partial charge on any atom is 0.258 e. The highest BCUT2D eigenvalue weighted by atomic mass is 32.2. The highest BCUT2D eigenvalue weighted by Crippen LogP contribution is 2.08. The highest BCUT2D eigenvalue weighted by Gasteiger charge is 2.25. The van der Waals surface area contributed by atoms with Gasteiger partial charge in [0.25, 0.3) is 10.0 Å². The third-order valence-electron chi connectivity index (χ3n) is 2.02. The lowest BCUT2D eigenvalue weighted by molar-refractivity contribution is 0.524. The number of aromatic amines is 1. The van der Waals surface area contributed by atoms with Crippen molar-refractivity contribution in [3.05, 3.63) is 12.5 Å². The molecule has 0 saturated heterocycles. The molecule has 0 aliphatic rings. The number of nitrogens with one attached hydrogen (secondary N) is 2. The van der Waals surface area contributed by atoms with Crippen LogP contribution in [0.15, 0.2) is 17.6 Å². The molecular weight excluding hydrogens is 248 g/mol. The molecule has 0 bridgehead atoms. The minimum Gasteiger partial charge on any atom is -0.392 e. The maximum atomic E-state index is 11.8. The quantitative estimate of drug-likeness (QED) is 0.648. The normalized spacial score (nSPS) is 13.9. The lowest BCUT2D eigenvalue weighted by Crippen LogP contribution is -2.46. The molecule has 8 heteroatoms. The first-order chi connectivity index (χ1) is 7.34. The van der Waals surface area contributed by atoms with E-state index in [4.69, 9.17) is 18.0 Å². The van der Waals surface area contributed by atoms with E-state index in [2.05, 4.69) is 14.7 Å². The van der Waals surface area contributed by atoms with E-state index in [1.807, 2.05) is 13.8 Å². The van der Waals surface area contributed by atoms with Crippen LogP contribution in [0.25, 0.3) is 0 Å². The molecule has 0 spiro atoms. The van der Waals surface area contributed by atoms with Crippen LogP contribution in [0.5, 0.6) is 0 Å². The molecule has 0 aliphatic carbocycles. The van der Waals surface area contributed by atoms with E-state index in [0.717, 1.165) is 0 Å². The molecule has 0 saturated carbocycles. The third kappa shape index (κ3) is 3.00. The first-order valence-electron chi connectivity index (χ1n) is 4.64. The standard InChI is InChI=1S/C8H14N4O2S2/c1-5(2)7(8(9)15)12-16(13,14)6-3-10-4-11-6/h3-5,7,12H,1-2H3,(H2,9,15)(H,10,11). The van der Waals surface area contributed by atoms with Gasteiger partial charge < -0.3 is 10.7 Å². The van der Waals surface area contributed by atoms with E-state index in [1.165, 1.54) is 12.5 Å². The third-order valence-corrected chi connectivity index (χ3v) is 3.64. The number of rotatable bonds is 5. The molecule has 1 heterocycles. The van der Waals surface area contributed by atoms with Crippen LogP contribution in [-0.4, -0.2) is 29.4 Å². The Morgan fingerprint density at radius 3 is 2.62 bits per heavy atom. The zero-order chi connectivity index (χ0) is 12.3. The number of H-pyrrole nitrogens is 1. The Bertz CT molecular complexity index is 452. The van der Waals surface area contributed by atoms with Crippen LogP contribution < -0.4 is 10.5 Å². The zero-order valence-corrected chi connectivity index (χ0v) is 10.6. The van der Waals surface area contributed by atoms with Crippen LogP contribution in [0.2, 0.25) is 0 Å². The Morgan fingerprint density at radius 2 is 2.25 bits per heavy atom. The topological polar surface area (TPSA) is 101 Å². The summed E-state index contributed by atoms with van der Waals surface area (Å²) >= 11 is 4.82. The summed E-state index contributed by atoms with van der Waals surface area (Å²) in [6, 6.07) is -0.566. The Kier molecular flexibility index (Phi) is 4.00. The molecule has 1 rings (SSSR count). The summed E-state index contributed by atoms with van der Waals surface area (Å²) in [6.07, 6.45) is 2.51. The van der Waals surface area contributed by atoms with Crippen molar-refractivity contribution in [2.24, 2.45) is 11.7 Å². The molecule has 0 fully saturated rings. The molecule has 0 aliphatic heterocycles. The van der Waals surface area contributed by atoms with Gasteiger partial charge in [0.05, 0.1) is 23.6 Å². The Balaban J connectivity index is 2.92. The van der Waals surface area contributed by atoms with Gasteiger partial charge in [-0.3, -0.25) is 0 Å². The summed E-state index contributed by atoms with van der Waals surface area (Å²) in [5, 5.41) is -0.00519. The number of imidazole rings is 1. The van der Waals surface area contributed by atoms with Crippen molar-refractivity contribution < 1.29 is 8.42 Å². The minimum absolute atomic E-state index is 0.00519. The lowest BCUT2D eigenvalue weighted by atomic mass is 10.1. The van der Waals surface area contributed by atoms with E-state index >= 15 is 0 Å². The van der Waals surface area contributed by atoms with Gasteiger partial charge in [-0.05, 0) is 5.92 Å². The van der Waals surface area contributed by atoms with Gasteiger partial charge in [0, 0.05) is 0 Å². The fourth-order valence-corrected chi connectivity index (χ4v) is 2.82. The summed E-state index contributed by atoms with van der Waals surface area (Å²) < 4.78 is 26.1. The number of hydrogen-bond acceptors (Lipinski definition) is 4. The summed E-state index contributed by atoms with van der Waals surface area (Å²) in [7, 11) is -3.64. The van der Waals surface area contributed by atoms with Crippen molar-refractivity contribution in [1.29, 1.82) is 0 Å². The van der Waals surface area contributed by atoms with Gasteiger partial charge in [-0.1, -0.05) is 26.1 Å². The predicted molar refractivity (Wildman–Crippen MR) is 64.3 cm³/mol. The van der Waals surface area contributed by atoms with Gasteiger partial charge in [0.2, 0.25) is 0 Å². The van der Waals surface area contributed by atoms with Crippen LogP contribution in [0, 0.1) is 5.92 Å². The van der Waals surface area contributed by atoms with Gasteiger partial charge in [0.15, 0.2) is 5.03 Å². The van der Waals surface area contributed by atoms with Crippen molar-refractivity contribution in [2.45, 2.75) is 24.9 Å². The number of sulfonamides is 1. The van der Waals surface area contributed by atoms with E-state index in [1.54, 1.807) is 0 Å². The van der Waals surface area contributed by atoms with Crippen LogP contribution in [0.1, 0.15) is 13.8 Å². The number of hydrogen-bond donors (Lipinski definition) is 3. The minimum atomic E-state index is -3.64. The van der Waals surface area contributed by atoms with Crippen LogP contribution in [-0.2, 0) is 10.0 Å². The molecule has 1 aromatic heterocycles. The zero-order valence-electron chi connectivity index (χ0n) is 8.97. The van der Waals surface area contributed by atoms with Crippen LogP contribution in [0.4, 0.5) is 0 Å². The van der Waals surface area contributed by atoms with E-state index in [9.17, 15) is 8.42 Å². The second-order valence-corrected chi connectivity index (χ2v) is 5.82. The SMILES string of the molecule is CC(C)C(NS(=O)(=O)c1cnc[nH]1)C(N)=S. The summed E-state index contributed by atoms with van der Waals surface area (Å²) in [6.45, 7) is 3.67. The maximum absolute atomic E-state index is 11.8. The van der Waals surface area contributed by atoms with Crippen LogP contribution >= 0.6 is 12.2 Å². The van der Waals surface area contributed by atoms with Gasteiger partial charge in [0.1, 0.15) is 0 Å². The van der Waals surface area contributed by atoms with Crippen molar-refractivity contribution >= 4 is 27.2 Å². The number of nitrogens with two attached hydrogens (primary N) is 1. The molecule has 6 nitrogen and oxygen atoms in total. The van der Waals surface area contributed by atoms with Crippen molar-refractivity contribution in [2.75, 3.05) is 0 Å². The van der Waals surface area contributed by atoms with Crippen LogP contribution in [0.3, 0.4) is 0 Å². The van der Waals surface area contributed by atoms with E-state index < -0.39 is 16.1 Å². The molecule has 0 amide bonds. The molecule has 16 heavy (non-hydrogen) atoms. The molecule has 0 aromatic carbocycles. The largest absolute Gasteiger partial charge is 0.392 e. The molecule has 1 unspecified atom stereocenters. The summed E-state index contributed by atoms with van der Waals surface area (Å²) in [4.78, 5) is 6.28. The fraction of sp³-hybridized carbons (Fsp3) is 0.500. The van der Waals surface area contributed by atoms with E-state index in [-0.39, 0.29) is 15.9 Å². The second kappa shape index (κ2) is 4.89. The Morgan fingerprint density at radius 1 is 1.62 bits per heavy atom. The molecule has 4 N–H and O–H groups in total. The van der Waals surface area contributed by atoms with Gasteiger partial charge in [-0.15, -0.1) is 0 Å². The second-order valence-electron chi connectivity index (χ2n) is 3.66. The number of nitrogens with zero attached hydrogens (tertiary/aromatic N) is 1. The number of thiocarbonyl (C=S) groups is 1. The van der Waals surface area contributed by atoms with Gasteiger partial charge in [-0.25, -0.2) is 13.4 Å². The Hall–Kier alpha value is -0.990. The molecular formula is C8H14N4O2S2. The fourth-order valence-electron chi connectivity index (χ4n) is 1.14. The summed E-state index contributed by atoms with van der Waals surface area (Å²) in [5.41, 5.74) is 5.48. The van der Waals surface area contributed by atoms with Gasteiger partial charge >= 0.3 is 0 Å². The molecule has 1 atom stereocenters. The lowest BCUT2D eigenvalue weighted by Gasteiger charge is -2.20. The molecule has 1 aromatic rings. The monoisotopic (exact) mass is 262 g/mol. The highest BCUT2D eigenvalue weighted by molar-refractivity contribution is 7.89. The first-order valence-corrected chi connectivity index (χ1v) is 6.53. The Labute approximate surface area is 99.7 Å². The summed E-state index contributed by atoms with van der Waals surface area (Å²) in [5.74, 6) is -0.0183. The predicted octanol–water partition coefficient (Wildman–Crippen LogP) is -0.00130. The molecule has 0 radical (unpaired) electrons. The smallest absolute Gasteiger partial charge is 0.258 e. The van der Waals surface area contributed by atoms with E-state index in [0.29, 0.717) is 0 Å².